The number of anilines is 1. The first-order valence-electron chi connectivity index (χ1n) is 10.2. The molecule has 8 heteroatoms. The fourth-order valence-electron chi connectivity index (χ4n) is 4.15. The molecule has 0 unspecified atom stereocenters. The predicted molar refractivity (Wildman–Crippen MR) is 117 cm³/mol. The number of nitriles is 1. The maximum Gasteiger partial charge on any atom is 0.166 e. The molecule has 0 atom stereocenters. The van der Waals surface area contributed by atoms with Gasteiger partial charge in [0.15, 0.2) is 11.6 Å². The molecule has 0 aliphatic carbocycles. The van der Waals surface area contributed by atoms with Gasteiger partial charge in [-0.3, -0.25) is 4.68 Å². The number of hydrogen-bond acceptors (Lipinski definition) is 6. The summed E-state index contributed by atoms with van der Waals surface area (Å²) in [5.74, 6) is 0.252. The van der Waals surface area contributed by atoms with Gasteiger partial charge in [0.1, 0.15) is 24.2 Å². The Labute approximate surface area is 183 Å². The van der Waals surface area contributed by atoms with Gasteiger partial charge in [0.05, 0.1) is 11.9 Å². The lowest BCUT2D eigenvalue weighted by Crippen LogP contribution is -2.07. The summed E-state index contributed by atoms with van der Waals surface area (Å²) in [5, 5.41) is 14.3. The fourth-order valence-corrected chi connectivity index (χ4v) is 4.15. The van der Waals surface area contributed by atoms with Crippen molar-refractivity contribution in [1.82, 2.24) is 19.7 Å². The van der Waals surface area contributed by atoms with Crippen LogP contribution in [0.2, 0.25) is 0 Å². The number of fused-ring (bicyclic) bond motifs is 7. The highest BCUT2D eigenvalue weighted by molar-refractivity contribution is 5.76. The van der Waals surface area contributed by atoms with Crippen molar-refractivity contribution in [3.8, 4) is 34.2 Å². The van der Waals surface area contributed by atoms with Gasteiger partial charge in [-0.1, -0.05) is 6.07 Å². The van der Waals surface area contributed by atoms with Gasteiger partial charge in [0.25, 0.3) is 0 Å². The molecule has 4 heterocycles. The molecule has 2 bridgehead atoms. The van der Waals surface area contributed by atoms with Crippen molar-refractivity contribution in [2.75, 3.05) is 5.73 Å². The Morgan fingerprint density at radius 3 is 2.84 bits per heavy atom. The summed E-state index contributed by atoms with van der Waals surface area (Å²) < 4.78 is 22.1. The first-order valence-corrected chi connectivity index (χ1v) is 10.2. The van der Waals surface area contributed by atoms with Crippen molar-refractivity contribution >= 4 is 5.82 Å². The Morgan fingerprint density at radius 2 is 2.03 bits per heavy atom. The number of rotatable bonds is 1. The van der Waals surface area contributed by atoms with E-state index in [9.17, 15) is 9.65 Å². The molecule has 1 aliphatic heterocycles. The zero-order valence-electron chi connectivity index (χ0n) is 17.3. The number of ether oxygens (including phenoxy) is 1. The zero-order chi connectivity index (χ0) is 22.2. The average Bonchev–Trinajstić information content (AvgIpc) is 3.20. The molecule has 0 saturated carbocycles. The maximum absolute atomic E-state index is 14.2. The number of benzene rings is 1. The summed E-state index contributed by atoms with van der Waals surface area (Å²) in [6, 6.07) is 10.4. The topological polar surface area (TPSA) is 103 Å². The van der Waals surface area contributed by atoms with E-state index in [2.05, 4.69) is 21.1 Å². The van der Waals surface area contributed by atoms with Crippen molar-refractivity contribution in [3.05, 3.63) is 77.1 Å². The predicted octanol–water partition coefficient (Wildman–Crippen LogP) is 4.10. The van der Waals surface area contributed by atoms with Crippen LogP contribution in [0.4, 0.5) is 10.2 Å². The quantitative estimate of drug-likeness (QED) is 0.492. The first kappa shape index (κ1) is 19.7. The molecular formula is C24H19FN6O. The highest BCUT2D eigenvalue weighted by Gasteiger charge is 2.22. The van der Waals surface area contributed by atoms with E-state index >= 15 is 0 Å². The second kappa shape index (κ2) is 7.78. The van der Waals surface area contributed by atoms with Crippen LogP contribution in [0.15, 0.2) is 48.9 Å². The Kier molecular flexibility index (Phi) is 4.79. The van der Waals surface area contributed by atoms with Crippen LogP contribution in [0, 0.1) is 17.1 Å². The number of nitrogens with zero attached hydrogens (tertiary/aromatic N) is 5. The number of nitrogen functional groups attached to an aromatic ring is 1. The third-order valence-electron chi connectivity index (χ3n) is 5.61. The molecule has 4 aromatic rings. The van der Waals surface area contributed by atoms with Crippen LogP contribution in [0.3, 0.4) is 0 Å². The molecule has 0 radical (unpaired) electrons. The van der Waals surface area contributed by atoms with Crippen molar-refractivity contribution in [1.29, 1.82) is 5.26 Å². The van der Waals surface area contributed by atoms with Crippen LogP contribution in [0.25, 0.3) is 22.4 Å². The molecule has 3 aromatic heterocycles. The number of aryl methyl sites for hydroxylation is 1. The minimum absolute atomic E-state index is 0.0571. The van der Waals surface area contributed by atoms with Gasteiger partial charge in [-0.15, -0.1) is 0 Å². The second-order valence-electron chi connectivity index (χ2n) is 7.51. The van der Waals surface area contributed by atoms with Crippen molar-refractivity contribution in [3.63, 3.8) is 0 Å². The second-order valence-corrected chi connectivity index (χ2v) is 7.51. The minimum Gasteiger partial charge on any atom is -0.485 e. The first-order chi connectivity index (χ1) is 15.6. The Hall–Kier alpha value is -4.25. The van der Waals surface area contributed by atoms with Gasteiger partial charge in [-0.2, -0.15) is 10.4 Å². The normalized spacial score (nSPS) is 12.3. The number of hydrogen-bond donors (Lipinski definition) is 1. The monoisotopic (exact) mass is 426 g/mol. The summed E-state index contributed by atoms with van der Waals surface area (Å²) >= 11 is 0. The summed E-state index contributed by atoms with van der Waals surface area (Å²) in [6.45, 7) is 2.74. The van der Waals surface area contributed by atoms with E-state index in [1.165, 1.54) is 12.1 Å². The number of pyridine rings is 2. The fraction of sp³-hybridized carbons (Fsp3) is 0.167. The number of nitrogens with two attached hydrogens (primary N) is 1. The minimum atomic E-state index is -0.394. The van der Waals surface area contributed by atoms with Gasteiger partial charge < -0.3 is 10.5 Å². The summed E-state index contributed by atoms with van der Waals surface area (Å²) in [7, 11) is 0. The lowest BCUT2D eigenvalue weighted by atomic mass is 9.91. The summed E-state index contributed by atoms with van der Waals surface area (Å²) in [6.07, 6.45) is 5.65. The summed E-state index contributed by atoms with van der Waals surface area (Å²) in [4.78, 5) is 8.58. The third-order valence-corrected chi connectivity index (χ3v) is 5.61. The number of aromatic nitrogens is 4. The van der Waals surface area contributed by atoms with E-state index in [1.54, 1.807) is 18.5 Å². The van der Waals surface area contributed by atoms with Gasteiger partial charge >= 0.3 is 0 Å². The van der Waals surface area contributed by atoms with E-state index in [-0.39, 0.29) is 18.1 Å². The molecule has 5 rings (SSSR count). The van der Waals surface area contributed by atoms with Crippen LogP contribution in [-0.4, -0.2) is 19.7 Å². The van der Waals surface area contributed by atoms with Crippen LogP contribution < -0.4 is 10.5 Å². The molecular weight excluding hydrogens is 407 g/mol. The molecule has 7 nitrogen and oxygen atoms in total. The van der Waals surface area contributed by atoms with E-state index in [4.69, 9.17) is 10.5 Å². The average molecular weight is 426 g/mol. The molecule has 0 amide bonds. The molecule has 158 valence electrons. The number of halogens is 1. The smallest absolute Gasteiger partial charge is 0.166 e. The summed E-state index contributed by atoms with van der Waals surface area (Å²) in [5.41, 5.74) is 11.9. The van der Waals surface area contributed by atoms with Gasteiger partial charge in [-0.25, -0.2) is 14.4 Å². The molecule has 32 heavy (non-hydrogen) atoms. The molecule has 1 aromatic carbocycles. The third kappa shape index (κ3) is 3.24. The van der Waals surface area contributed by atoms with Gasteiger partial charge in [-0.05, 0) is 42.3 Å². The molecule has 0 spiro atoms. The van der Waals surface area contributed by atoms with Gasteiger partial charge in [0, 0.05) is 47.6 Å². The van der Waals surface area contributed by atoms with Crippen LogP contribution in [0.1, 0.15) is 29.3 Å². The van der Waals surface area contributed by atoms with E-state index in [0.29, 0.717) is 35.4 Å². The lowest BCUT2D eigenvalue weighted by Gasteiger charge is -2.18. The van der Waals surface area contributed by atoms with Crippen molar-refractivity contribution < 1.29 is 9.13 Å². The van der Waals surface area contributed by atoms with E-state index < -0.39 is 5.82 Å². The standard InChI is InChI=1S/C24H19FN6O/c1-2-31-23-15(12-30-31)7-14-5-6-28-20(10-26)22(14)19-4-3-18(25)8-17(19)13-32-21-9-16(23)11-29-24(21)27/h3-6,8-9,11-12H,2,7,13H2,1H3,(H2,27,29). The Morgan fingerprint density at radius 1 is 1.16 bits per heavy atom. The van der Waals surface area contributed by atoms with E-state index in [0.717, 1.165) is 22.4 Å². The van der Waals surface area contributed by atoms with Crippen LogP contribution in [0.5, 0.6) is 5.75 Å². The van der Waals surface area contributed by atoms with Crippen LogP contribution in [-0.2, 0) is 19.6 Å². The molecule has 1 aliphatic rings. The highest BCUT2D eigenvalue weighted by atomic mass is 19.1. The maximum atomic E-state index is 14.2. The SMILES string of the molecule is CCn1ncc2c1-c1cnc(N)c(c1)OCc1cc(F)ccc1-c1c(ccnc1C#N)C2. The Bertz CT molecular complexity index is 1390. The van der Waals surface area contributed by atoms with Crippen molar-refractivity contribution in [2.24, 2.45) is 0 Å². The van der Waals surface area contributed by atoms with E-state index in [1.807, 2.05) is 29.9 Å². The van der Waals surface area contributed by atoms with Crippen LogP contribution >= 0.6 is 0 Å². The largest absolute Gasteiger partial charge is 0.485 e. The highest BCUT2D eigenvalue weighted by Crippen LogP contribution is 2.36. The van der Waals surface area contributed by atoms with Crippen molar-refractivity contribution in [2.45, 2.75) is 26.5 Å². The molecule has 0 saturated heterocycles. The van der Waals surface area contributed by atoms with Gasteiger partial charge in [0.2, 0.25) is 0 Å². The Balaban J connectivity index is 1.83. The molecule has 0 fully saturated rings. The zero-order valence-corrected chi connectivity index (χ0v) is 17.3. The lowest BCUT2D eigenvalue weighted by molar-refractivity contribution is 0.307. The molecule has 2 N–H and O–H groups in total.